The van der Waals surface area contributed by atoms with Crippen molar-refractivity contribution in [2.75, 3.05) is 47.8 Å². The van der Waals surface area contributed by atoms with E-state index in [0.29, 0.717) is 36.4 Å². The summed E-state index contributed by atoms with van der Waals surface area (Å²) < 4.78 is 20.7. The highest BCUT2D eigenvalue weighted by molar-refractivity contribution is 6.10. The molecule has 0 bridgehead atoms. The van der Waals surface area contributed by atoms with Gasteiger partial charge in [0.25, 0.3) is 5.91 Å². The van der Waals surface area contributed by atoms with Gasteiger partial charge in [-0.25, -0.2) is 9.37 Å². The molecule has 0 unspecified atom stereocenters. The van der Waals surface area contributed by atoms with Crippen LogP contribution >= 0.6 is 0 Å². The maximum Gasteiger partial charge on any atom is 0.255 e. The molecule has 3 aromatic carbocycles. The molecule has 2 N–H and O–H groups in total. The Labute approximate surface area is 231 Å². The molecule has 1 aromatic heterocycles. The van der Waals surface area contributed by atoms with E-state index in [1.807, 2.05) is 24.3 Å². The van der Waals surface area contributed by atoms with Crippen molar-refractivity contribution in [3.05, 3.63) is 78.2 Å². The van der Waals surface area contributed by atoms with Crippen molar-refractivity contribution in [2.45, 2.75) is 19.3 Å². The minimum absolute atomic E-state index is 0.0780. The van der Waals surface area contributed by atoms with Crippen LogP contribution in [0.25, 0.3) is 10.8 Å². The Morgan fingerprint density at radius 2 is 1.77 bits per heavy atom. The number of carbonyl (C=O) groups is 2. The number of hydrogen-bond donors (Lipinski definition) is 2. The summed E-state index contributed by atoms with van der Waals surface area (Å²) in [4.78, 5) is 37.8. The third-order valence-corrected chi connectivity index (χ3v) is 7.15. The topological polar surface area (TPSA) is 99.7 Å². The van der Waals surface area contributed by atoms with Gasteiger partial charge in [-0.3, -0.25) is 9.59 Å². The van der Waals surface area contributed by atoms with Gasteiger partial charge in [-0.05, 0) is 49.6 Å². The molecule has 3 heterocycles. The fraction of sp³-hybridized carbons (Fsp3) is 0.267. The molecular weight excluding hydrogens is 511 g/mol. The number of nitrogens with one attached hydrogen (secondary N) is 2. The SMILES string of the molecule is O=C1CN(c2nccc(Oc3ccc(NC(=O)c4cc(F)cc(N5CCCCC5)c4)c4ccccc34)n2)CCN1. The third kappa shape index (κ3) is 5.51. The van der Waals surface area contributed by atoms with Gasteiger partial charge in [0.05, 0.1) is 6.54 Å². The maximum atomic E-state index is 14.5. The van der Waals surface area contributed by atoms with Crippen LogP contribution in [0.4, 0.5) is 21.7 Å². The molecule has 0 spiro atoms. The molecule has 10 heteroatoms. The van der Waals surface area contributed by atoms with Crippen LogP contribution in [0.3, 0.4) is 0 Å². The number of rotatable bonds is 6. The number of piperidine rings is 1. The molecule has 6 rings (SSSR count). The fourth-order valence-corrected chi connectivity index (χ4v) is 5.17. The fourth-order valence-electron chi connectivity index (χ4n) is 5.17. The zero-order valence-electron chi connectivity index (χ0n) is 21.9. The molecule has 2 amide bonds. The molecule has 40 heavy (non-hydrogen) atoms. The van der Waals surface area contributed by atoms with E-state index < -0.39 is 5.82 Å². The first-order valence-corrected chi connectivity index (χ1v) is 13.4. The summed E-state index contributed by atoms with van der Waals surface area (Å²) in [5.41, 5.74) is 1.58. The van der Waals surface area contributed by atoms with Crippen LogP contribution in [0.15, 0.2) is 66.9 Å². The highest BCUT2D eigenvalue weighted by Crippen LogP contribution is 2.34. The number of hydrogen-bond acceptors (Lipinski definition) is 7. The van der Waals surface area contributed by atoms with E-state index in [2.05, 4.69) is 25.5 Å². The van der Waals surface area contributed by atoms with Gasteiger partial charge in [0, 0.05) is 66.2 Å². The van der Waals surface area contributed by atoms with Crippen molar-refractivity contribution < 1.29 is 18.7 Å². The van der Waals surface area contributed by atoms with Crippen molar-refractivity contribution in [1.29, 1.82) is 0 Å². The summed E-state index contributed by atoms with van der Waals surface area (Å²) in [5.74, 6) is 0.403. The van der Waals surface area contributed by atoms with Crippen LogP contribution in [0, 0.1) is 5.82 Å². The largest absolute Gasteiger partial charge is 0.438 e. The lowest BCUT2D eigenvalue weighted by Crippen LogP contribution is -2.48. The smallest absolute Gasteiger partial charge is 0.255 e. The van der Waals surface area contributed by atoms with Crippen molar-refractivity contribution in [3.8, 4) is 11.6 Å². The minimum Gasteiger partial charge on any atom is -0.438 e. The predicted molar refractivity (Wildman–Crippen MR) is 152 cm³/mol. The highest BCUT2D eigenvalue weighted by Gasteiger charge is 2.20. The number of aromatic nitrogens is 2. The van der Waals surface area contributed by atoms with Crippen LogP contribution in [0.5, 0.6) is 11.6 Å². The average molecular weight is 541 g/mol. The number of amides is 2. The van der Waals surface area contributed by atoms with Gasteiger partial charge < -0.3 is 25.2 Å². The van der Waals surface area contributed by atoms with Crippen LogP contribution in [-0.4, -0.2) is 54.5 Å². The van der Waals surface area contributed by atoms with E-state index in [0.717, 1.165) is 42.4 Å². The van der Waals surface area contributed by atoms with Crippen LogP contribution in [0.1, 0.15) is 29.6 Å². The second kappa shape index (κ2) is 11.2. The Hall–Kier alpha value is -4.73. The molecule has 9 nitrogen and oxygen atoms in total. The quantitative estimate of drug-likeness (QED) is 0.364. The van der Waals surface area contributed by atoms with Crippen molar-refractivity contribution in [2.24, 2.45) is 0 Å². The van der Waals surface area contributed by atoms with E-state index in [4.69, 9.17) is 4.74 Å². The van der Waals surface area contributed by atoms with Gasteiger partial charge in [0.2, 0.25) is 17.7 Å². The first kappa shape index (κ1) is 25.5. The lowest BCUT2D eigenvalue weighted by atomic mass is 10.1. The Kier molecular flexibility index (Phi) is 7.13. The second-order valence-corrected chi connectivity index (χ2v) is 9.93. The van der Waals surface area contributed by atoms with E-state index in [1.54, 1.807) is 35.4 Å². The summed E-state index contributed by atoms with van der Waals surface area (Å²) in [6.45, 7) is 3.04. The minimum atomic E-state index is -0.434. The molecular formula is C30H29FN6O3. The number of halogens is 1. The molecule has 0 saturated carbocycles. The molecule has 2 fully saturated rings. The van der Waals surface area contributed by atoms with Crippen molar-refractivity contribution >= 4 is 39.9 Å². The molecule has 4 aromatic rings. The maximum absolute atomic E-state index is 14.5. The number of benzene rings is 3. The van der Waals surface area contributed by atoms with Crippen LogP contribution in [0.2, 0.25) is 0 Å². The number of ether oxygens (including phenoxy) is 1. The first-order valence-electron chi connectivity index (χ1n) is 13.4. The van der Waals surface area contributed by atoms with Gasteiger partial charge in [-0.2, -0.15) is 4.98 Å². The van der Waals surface area contributed by atoms with Crippen molar-refractivity contribution in [1.82, 2.24) is 15.3 Å². The van der Waals surface area contributed by atoms with Gasteiger partial charge >= 0.3 is 0 Å². The van der Waals surface area contributed by atoms with E-state index in [1.165, 1.54) is 18.6 Å². The van der Waals surface area contributed by atoms with E-state index >= 15 is 0 Å². The summed E-state index contributed by atoms with van der Waals surface area (Å²) >= 11 is 0. The number of anilines is 3. The monoisotopic (exact) mass is 540 g/mol. The average Bonchev–Trinajstić information content (AvgIpc) is 2.98. The number of piperazine rings is 1. The normalized spacial score (nSPS) is 15.6. The Bertz CT molecular complexity index is 1570. The second-order valence-electron chi connectivity index (χ2n) is 9.93. The number of nitrogens with zero attached hydrogens (tertiary/aromatic N) is 4. The van der Waals surface area contributed by atoms with Gasteiger partial charge in [0.1, 0.15) is 11.6 Å². The van der Waals surface area contributed by atoms with E-state index in [-0.39, 0.29) is 23.9 Å². The van der Waals surface area contributed by atoms with E-state index in [9.17, 15) is 14.0 Å². The molecule has 0 radical (unpaired) electrons. The Morgan fingerprint density at radius 1 is 0.950 bits per heavy atom. The molecule has 204 valence electrons. The van der Waals surface area contributed by atoms with Gasteiger partial charge in [0.15, 0.2) is 0 Å². The Morgan fingerprint density at radius 3 is 2.60 bits per heavy atom. The Balaban J connectivity index is 1.24. The predicted octanol–water partition coefficient (Wildman–Crippen LogP) is 4.74. The highest BCUT2D eigenvalue weighted by atomic mass is 19.1. The zero-order chi connectivity index (χ0) is 27.5. The summed E-state index contributed by atoms with van der Waals surface area (Å²) in [6.07, 6.45) is 4.88. The molecule has 0 aliphatic carbocycles. The zero-order valence-corrected chi connectivity index (χ0v) is 21.9. The third-order valence-electron chi connectivity index (χ3n) is 7.15. The molecule has 2 saturated heterocycles. The first-order chi connectivity index (χ1) is 19.5. The molecule has 2 aliphatic rings. The van der Waals surface area contributed by atoms with Gasteiger partial charge in [-0.1, -0.05) is 24.3 Å². The summed E-state index contributed by atoms with van der Waals surface area (Å²) in [5, 5.41) is 7.28. The molecule has 0 atom stereocenters. The van der Waals surface area contributed by atoms with Crippen LogP contribution < -0.4 is 25.2 Å². The number of carbonyl (C=O) groups excluding carboxylic acids is 2. The molecule has 2 aliphatic heterocycles. The lowest BCUT2D eigenvalue weighted by Gasteiger charge is -2.29. The number of fused-ring (bicyclic) bond motifs is 1. The summed E-state index contributed by atoms with van der Waals surface area (Å²) in [6, 6.07) is 17.2. The van der Waals surface area contributed by atoms with Crippen molar-refractivity contribution in [3.63, 3.8) is 0 Å². The van der Waals surface area contributed by atoms with Gasteiger partial charge in [-0.15, -0.1) is 0 Å². The lowest BCUT2D eigenvalue weighted by molar-refractivity contribution is -0.120. The van der Waals surface area contributed by atoms with Crippen LogP contribution in [-0.2, 0) is 4.79 Å². The summed E-state index contributed by atoms with van der Waals surface area (Å²) in [7, 11) is 0. The standard InChI is InChI=1S/C30H29FN6O3/c31-21-16-20(17-22(18-21)36-13-4-1-5-14-36)29(39)34-25-8-9-26(24-7-3-2-6-23(24)25)40-28-10-11-33-30(35-28)37-15-12-32-27(38)19-37/h2-3,6-11,16-18H,1,4-5,12-15,19H2,(H,32,38)(H,34,39).